The third kappa shape index (κ3) is 1.60. The van der Waals surface area contributed by atoms with Gasteiger partial charge in [-0.1, -0.05) is 18.2 Å². The molecule has 0 saturated heterocycles. The lowest BCUT2D eigenvalue weighted by atomic mass is 10.1. The van der Waals surface area contributed by atoms with E-state index in [1.807, 2.05) is 6.07 Å². The highest BCUT2D eigenvalue weighted by atomic mass is 16.5. The van der Waals surface area contributed by atoms with Crippen molar-refractivity contribution in [2.45, 2.75) is 25.7 Å². The molecule has 0 spiro atoms. The van der Waals surface area contributed by atoms with E-state index in [0.29, 0.717) is 0 Å². The lowest BCUT2D eigenvalue weighted by Crippen LogP contribution is -2.03. The van der Waals surface area contributed by atoms with Crippen LogP contribution < -0.4 is 4.74 Å². The maximum Gasteiger partial charge on any atom is 0.122 e. The Morgan fingerprint density at radius 3 is 2.92 bits per heavy atom. The van der Waals surface area contributed by atoms with Gasteiger partial charge in [-0.15, -0.1) is 0 Å². The van der Waals surface area contributed by atoms with Crippen LogP contribution in [0.25, 0.3) is 0 Å². The quantitative estimate of drug-likeness (QED) is 0.570. The van der Waals surface area contributed by atoms with Gasteiger partial charge in [0.2, 0.25) is 0 Å². The van der Waals surface area contributed by atoms with Crippen LogP contribution in [0.3, 0.4) is 0 Å². The van der Waals surface area contributed by atoms with Crippen molar-refractivity contribution in [1.29, 1.82) is 0 Å². The van der Waals surface area contributed by atoms with E-state index in [2.05, 4.69) is 18.2 Å². The van der Waals surface area contributed by atoms with Crippen LogP contribution in [0.4, 0.5) is 0 Å². The van der Waals surface area contributed by atoms with Gasteiger partial charge in [-0.05, 0) is 37.3 Å². The van der Waals surface area contributed by atoms with E-state index in [4.69, 9.17) is 4.74 Å². The van der Waals surface area contributed by atoms with E-state index in [1.54, 1.807) is 0 Å². The first-order valence-electron chi connectivity index (χ1n) is 4.67. The van der Waals surface area contributed by atoms with Crippen LogP contribution in [-0.4, -0.2) is 6.61 Å². The topological polar surface area (TPSA) is 9.23 Å². The Bertz CT molecular complexity index is 228. The lowest BCUT2D eigenvalue weighted by molar-refractivity contribution is 0.294. The molecule has 1 aliphatic rings. The molecule has 64 valence electrons. The second kappa shape index (κ2) is 3.61. The number of rotatable bonds is 0. The summed E-state index contributed by atoms with van der Waals surface area (Å²) in [6.07, 6.45) is 4.99. The molecule has 1 aliphatic heterocycles. The first-order chi connectivity index (χ1) is 5.97. The summed E-state index contributed by atoms with van der Waals surface area (Å²) in [5, 5.41) is 0. The van der Waals surface area contributed by atoms with Crippen LogP contribution in [0.1, 0.15) is 24.8 Å². The number of para-hydroxylation sites is 1. The van der Waals surface area contributed by atoms with E-state index in [-0.39, 0.29) is 0 Å². The summed E-state index contributed by atoms with van der Waals surface area (Å²) in [5.41, 5.74) is 1.37. The molecule has 0 amide bonds. The van der Waals surface area contributed by atoms with E-state index in [1.165, 1.54) is 31.2 Å². The van der Waals surface area contributed by atoms with Crippen molar-refractivity contribution in [3.63, 3.8) is 0 Å². The summed E-state index contributed by atoms with van der Waals surface area (Å²) in [4.78, 5) is 0. The summed E-state index contributed by atoms with van der Waals surface area (Å²) < 4.78 is 5.63. The van der Waals surface area contributed by atoms with Gasteiger partial charge in [-0.25, -0.2) is 0 Å². The summed E-state index contributed by atoms with van der Waals surface area (Å²) >= 11 is 0. The molecule has 1 aromatic rings. The Kier molecular flexibility index (Phi) is 2.31. The number of hydrogen-bond donors (Lipinski definition) is 0. The van der Waals surface area contributed by atoms with Gasteiger partial charge < -0.3 is 4.74 Å². The van der Waals surface area contributed by atoms with Gasteiger partial charge in [-0.2, -0.15) is 0 Å². The van der Waals surface area contributed by atoms with Crippen LogP contribution in [-0.2, 0) is 6.42 Å². The number of hydrogen-bond acceptors (Lipinski definition) is 1. The van der Waals surface area contributed by atoms with Crippen LogP contribution in [0, 0.1) is 0 Å². The van der Waals surface area contributed by atoms with Crippen LogP contribution in [0.15, 0.2) is 24.3 Å². The van der Waals surface area contributed by atoms with Gasteiger partial charge in [0.15, 0.2) is 0 Å². The molecule has 1 nitrogen and oxygen atoms in total. The average Bonchev–Trinajstić information content (AvgIpc) is 2.06. The minimum atomic E-state index is 0.886. The van der Waals surface area contributed by atoms with E-state index < -0.39 is 0 Å². The second-order valence-electron chi connectivity index (χ2n) is 3.27. The highest BCUT2D eigenvalue weighted by Gasteiger charge is 2.05. The number of ether oxygens (including phenoxy) is 1. The van der Waals surface area contributed by atoms with Gasteiger partial charge in [0.05, 0.1) is 6.61 Å². The van der Waals surface area contributed by atoms with Gasteiger partial charge in [-0.3, -0.25) is 0 Å². The fourth-order valence-electron chi connectivity index (χ4n) is 1.63. The van der Waals surface area contributed by atoms with Crippen molar-refractivity contribution >= 4 is 0 Å². The van der Waals surface area contributed by atoms with Gasteiger partial charge in [0.25, 0.3) is 0 Å². The fraction of sp³-hybridized carbons (Fsp3) is 0.455. The molecule has 0 unspecified atom stereocenters. The van der Waals surface area contributed by atoms with Crippen molar-refractivity contribution in [3.8, 4) is 5.75 Å². The van der Waals surface area contributed by atoms with Crippen molar-refractivity contribution in [3.05, 3.63) is 29.8 Å². The maximum absolute atomic E-state index is 5.63. The zero-order valence-corrected chi connectivity index (χ0v) is 7.25. The van der Waals surface area contributed by atoms with Crippen LogP contribution in [0.5, 0.6) is 5.75 Å². The summed E-state index contributed by atoms with van der Waals surface area (Å²) in [7, 11) is 0. The molecule has 1 heterocycles. The number of fused-ring (bicyclic) bond motifs is 1. The normalized spacial score (nSPS) is 17.0. The third-order valence-corrected chi connectivity index (χ3v) is 2.32. The van der Waals surface area contributed by atoms with Crippen LogP contribution >= 0.6 is 0 Å². The third-order valence-electron chi connectivity index (χ3n) is 2.32. The van der Waals surface area contributed by atoms with Crippen molar-refractivity contribution in [2.75, 3.05) is 6.61 Å². The Balaban J connectivity index is 2.24. The Hall–Kier alpha value is -0.980. The lowest BCUT2D eigenvalue weighted by Gasteiger charge is -2.14. The Morgan fingerprint density at radius 1 is 1.00 bits per heavy atom. The largest absolute Gasteiger partial charge is 0.493 e. The zero-order valence-electron chi connectivity index (χ0n) is 7.25. The van der Waals surface area contributed by atoms with Crippen molar-refractivity contribution in [2.24, 2.45) is 0 Å². The Labute approximate surface area is 73.4 Å². The van der Waals surface area contributed by atoms with E-state index >= 15 is 0 Å². The molecule has 0 saturated carbocycles. The van der Waals surface area contributed by atoms with E-state index in [0.717, 1.165) is 12.4 Å². The molecule has 0 N–H and O–H groups in total. The first-order valence-corrected chi connectivity index (χ1v) is 4.67. The Morgan fingerprint density at radius 2 is 1.92 bits per heavy atom. The first kappa shape index (κ1) is 7.66. The van der Waals surface area contributed by atoms with Crippen molar-refractivity contribution < 1.29 is 4.74 Å². The van der Waals surface area contributed by atoms with Gasteiger partial charge in [0, 0.05) is 0 Å². The second-order valence-corrected chi connectivity index (χ2v) is 3.27. The molecule has 1 aromatic carbocycles. The van der Waals surface area contributed by atoms with Crippen LogP contribution in [0.2, 0.25) is 0 Å². The molecule has 1 heteroatoms. The molecule has 0 bridgehead atoms. The molecule has 0 radical (unpaired) electrons. The molecule has 2 rings (SSSR count). The standard InChI is InChI=1S/C11H14O/c1-2-6-10-7-3-4-8-11(10)12-9-5-1/h3-4,7-8H,1-2,5-6,9H2. The SMILES string of the molecule is c1ccc2c(c1)CCCCCO2. The van der Waals surface area contributed by atoms with E-state index in [9.17, 15) is 0 Å². The zero-order chi connectivity index (χ0) is 8.23. The molecule has 0 aliphatic carbocycles. The summed E-state index contributed by atoms with van der Waals surface area (Å²) in [5.74, 6) is 1.09. The minimum absolute atomic E-state index is 0.886. The average molecular weight is 162 g/mol. The minimum Gasteiger partial charge on any atom is -0.493 e. The predicted octanol–water partition coefficient (Wildman–Crippen LogP) is 2.79. The summed E-state index contributed by atoms with van der Waals surface area (Å²) in [6, 6.07) is 8.37. The highest BCUT2D eigenvalue weighted by molar-refractivity contribution is 5.33. The molecular weight excluding hydrogens is 148 g/mol. The molecule has 12 heavy (non-hydrogen) atoms. The highest BCUT2D eigenvalue weighted by Crippen LogP contribution is 2.22. The summed E-state index contributed by atoms with van der Waals surface area (Å²) in [6.45, 7) is 0.886. The fourth-order valence-corrected chi connectivity index (χ4v) is 1.63. The molecule has 0 aromatic heterocycles. The van der Waals surface area contributed by atoms with Gasteiger partial charge >= 0.3 is 0 Å². The number of aryl methyl sites for hydroxylation is 1. The maximum atomic E-state index is 5.63. The molecular formula is C11H14O. The number of benzene rings is 1. The van der Waals surface area contributed by atoms with Crippen molar-refractivity contribution in [1.82, 2.24) is 0 Å². The smallest absolute Gasteiger partial charge is 0.122 e. The van der Waals surface area contributed by atoms with Gasteiger partial charge in [0.1, 0.15) is 5.75 Å². The predicted molar refractivity (Wildman–Crippen MR) is 49.5 cm³/mol. The molecule has 0 atom stereocenters. The monoisotopic (exact) mass is 162 g/mol. The molecule has 0 fully saturated rings.